The molecule has 0 N–H and O–H groups in total. The average molecular weight is 280 g/mol. The van der Waals surface area contributed by atoms with Crippen molar-refractivity contribution in [3.63, 3.8) is 0 Å². The second-order valence-electron chi connectivity index (χ2n) is 5.51. The molecular formula is C14H18ClN3O. The van der Waals surface area contributed by atoms with E-state index in [4.69, 9.17) is 16.3 Å². The highest BCUT2D eigenvalue weighted by Gasteiger charge is 2.33. The van der Waals surface area contributed by atoms with Gasteiger partial charge < -0.3 is 9.30 Å². The van der Waals surface area contributed by atoms with Gasteiger partial charge in [0.2, 0.25) is 0 Å². The van der Waals surface area contributed by atoms with Crippen molar-refractivity contribution < 1.29 is 4.74 Å². The van der Waals surface area contributed by atoms with Crippen molar-refractivity contribution >= 4 is 22.8 Å². The Labute approximate surface area is 117 Å². The molecule has 0 aromatic carbocycles. The molecule has 0 aliphatic carbocycles. The minimum absolute atomic E-state index is 0.0977. The molecule has 3 heterocycles. The normalized spacial score (nSPS) is 23.9. The number of imidazole rings is 1. The zero-order chi connectivity index (χ0) is 13.5. The minimum atomic E-state index is -0.0977. The van der Waals surface area contributed by atoms with Crippen LogP contribution in [0, 0.1) is 6.92 Å². The van der Waals surface area contributed by atoms with Crippen LogP contribution >= 0.6 is 11.6 Å². The summed E-state index contributed by atoms with van der Waals surface area (Å²) in [6, 6.07) is 2.06. The lowest BCUT2D eigenvalue weighted by atomic mass is 9.94. The maximum absolute atomic E-state index is 6.07. The van der Waals surface area contributed by atoms with Crippen LogP contribution in [0.1, 0.15) is 31.2 Å². The van der Waals surface area contributed by atoms with Crippen molar-refractivity contribution in [2.24, 2.45) is 0 Å². The zero-order valence-electron chi connectivity index (χ0n) is 11.3. The highest BCUT2D eigenvalue weighted by atomic mass is 35.5. The predicted molar refractivity (Wildman–Crippen MR) is 75.5 cm³/mol. The van der Waals surface area contributed by atoms with E-state index in [1.807, 2.05) is 13.1 Å². The molecule has 5 heteroatoms. The number of pyridine rings is 1. The fourth-order valence-corrected chi connectivity index (χ4v) is 3.04. The molecule has 1 saturated heterocycles. The standard InChI is InChI=1S/C14H18ClN3O/c1-10-6-11-13(16-8-10)18(12(7-15)17-11)14(2)4-3-5-19-9-14/h6,8H,3-5,7,9H2,1-2H3. The number of halogens is 1. The number of fused-ring (bicyclic) bond motifs is 1. The molecule has 1 unspecified atom stereocenters. The molecule has 1 fully saturated rings. The van der Waals surface area contributed by atoms with Crippen molar-refractivity contribution in [1.82, 2.24) is 14.5 Å². The van der Waals surface area contributed by atoms with Crippen LogP contribution in [0.4, 0.5) is 0 Å². The summed E-state index contributed by atoms with van der Waals surface area (Å²) in [5.74, 6) is 1.27. The molecule has 0 radical (unpaired) electrons. The number of ether oxygens (including phenoxy) is 1. The van der Waals surface area contributed by atoms with Crippen molar-refractivity contribution in [3.8, 4) is 0 Å². The molecule has 2 aromatic rings. The first-order chi connectivity index (χ1) is 9.14. The maximum Gasteiger partial charge on any atom is 0.160 e. The van der Waals surface area contributed by atoms with Gasteiger partial charge in [-0.05, 0) is 38.3 Å². The number of nitrogens with zero attached hydrogens (tertiary/aromatic N) is 3. The van der Waals surface area contributed by atoms with E-state index in [-0.39, 0.29) is 5.54 Å². The van der Waals surface area contributed by atoms with Gasteiger partial charge in [-0.25, -0.2) is 9.97 Å². The summed E-state index contributed by atoms with van der Waals surface area (Å²) in [7, 11) is 0. The molecule has 19 heavy (non-hydrogen) atoms. The van der Waals surface area contributed by atoms with Gasteiger partial charge in [0, 0.05) is 12.8 Å². The fraction of sp³-hybridized carbons (Fsp3) is 0.571. The topological polar surface area (TPSA) is 39.9 Å². The number of aromatic nitrogens is 3. The van der Waals surface area contributed by atoms with E-state index in [9.17, 15) is 0 Å². The Morgan fingerprint density at radius 3 is 3.05 bits per heavy atom. The first kappa shape index (κ1) is 12.9. The smallest absolute Gasteiger partial charge is 0.160 e. The number of hydrogen-bond donors (Lipinski definition) is 0. The second kappa shape index (κ2) is 4.76. The molecular weight excluding hydrogens is 262 g/mol. The van der Waals surface area contributed by atoms with Crippen LogP contribution in [0.25, 0.3) is 11.2 Å². The van der Waals surface area contributed by atoms with Crippen molar-refractivity contribution in [1.29, 1.82) is 0 Å². The van der Waals surface area contributed by atoms with Gasteiger partial charge in [0.1, 0.15) is 11.3 Å². The van der Waals surface area contributed by atoms with Gasteiger partial charge in [-0.3, -0.25) is 0 Å². The first-order valence-electron chi connectivity index (χ1n) is 6.62. The van der Waals surface area contributed by atoms with E-state index in [0.717, 1.165) is 42.0 Å². The van der Waals surface area contributed by atoms with Gasteiger partial charge >= 0.3 is 0 Å². The van der Waals surface area contributed by atoms with Gasteiger partial charge in [0.25, 0.3) is 0 Å². The summed E-state index contributed by atoms with van der Waals surface area (Å²) >= 11 is 6.07. The van der Waals surface area contributed by atoms with Crippen LogP contribution in [0.15, 0.2) is 12.3 Å². The molecule has 0 spiro atoms. The van der Waals surface area contributed by atoms with Crippen LogP contribution in [-0.2, 0) is 16.2 Å². The van der Waals surface area contributed by atoms with Crippen molar-refractivity contribution in [3.05, 3.63) is 23.7 Å². The maximum atomic E-state index is 6.07. The summed E-state index contributed by atoms with van der Waals surface area (Å²) in [4.78, 5) is 9.18. The number of rotatable bonds is 2. The highest BCUT2D eigenvalue weighted by molar-refractivity contribution is 6.16. The van der Waals surface area contributed by atoms with E-state index < -0.39 is 0 Å². The Hall–Kier alpha value is -1.13. The van der Waals surface area contributed by atoms with Crippen LogP contribution in [0.5, 0.6) is 0 Å². The first-order valence-corrected chi connectivity index (χ1v) is 7.16. The third-order valence-electron chi connectivity index (χ3n) is 3.78. The monoisotopic (exact) mass is 279 g/mol. The molecule has 3 rings (SSSR count). The predicted octanol–water partition coefficient (Wildman–Crippen LogP) is 3.00. The summed E-state index contributed by atoms with van der Waals surface area (Å²) in [6.45, 7) is 5.75. The number of alkyl halides is 1. The van der Waals surface area contributed by atoms with Crippen LogP contribution in [0.3, 0.4) is 0 Å². The largest absolute Gasteiger partial charge is 0.379 e. The average Bonchev–Trinajstić information content (AvgIpc) is 2.77. The summed E-state index contributed by atoms with van der Waals surface area (Å²) < 4.78 is 7.84. The van der Waals surface area contributed by atoms with E-state index in [2.05, 4.69) is 27.5 Å². The highest BCUT2D eigenvalue weighted by Crippen LogP contribution is 2.32. The fourth-order valence-electron chi connectivity index (χ4n) is 2.86. The quantitative estimate of drug-likeness (QED) is 0.794. The van der Waals surface area contributed by atoms with Crippen molar-refractivity contribution in [2.75, 3.05) is 13.2 Å². The minimum Gasteiger partial charge on any atom is -0.379 e. The second-order valence-corrected chi connectivity index (χ2v) is 5.77. The molecule has 102 valence electrons. The Bertz CT molecular complexity index is 602. The van der Waals surface area contributed by atoms with Crippen LogP contribution < -0.4 is 0 Å². The summed E-state index contributed by atoms with van der Waals surface area (Å²) in [5.41, 5.74) is 2.85. The van der Waals surface area contributed by atoms with E-state index in [1.165, 1.54) is 0 Å². The molecule has 4 nitrogen and oxygen atoms in total. The lowest BCUT2D eigenvalue weighted by Crippen LogP contribution is -2.40. The lowest BCUT2D eigenvalue weighted by molar-refractivity contribution is 0.0102. The molecule has 0 amide bonds. The SMILES string of the molecule is Cc1cnc2c(c1)nc(CCl)n2C1(C)CCCOC1. The molecule has 1 atom stereocenters. The third kappa shape index (κ3) is 2.13. The summed E-state index contributed by atoms with van der Waals surface area (Å²) in [5, 5.41) is 0. The van der Waals surface area contributed by atoms with E-state index in [1.54, 1.807) is 0 Å². The molecule has 0 saturated carbocycles. The Balaban J connectivity index is 2.20. The van der Waals surface area contributed by atoms with E-state index >= 15 is 0 Å². The van der Waals surface area contributed by atoms with Crippen LogP contribution in [0.2, 0.25) is 0 Å². The molecule has 0 bridgehead atoms. The van der Waals surface area contributed by atoms with Gasteiger partial charge in [0.15, 0.2) is 5.65 Å². The molecule has 1 aliphatic heterocycles. The number of hydrogen-bond acceptors (Lipinski definition) is 3. The summed E-state index contributed by atoms with van der Waals surface area (Å²) in [6.07, 6.45) is 4.01. The third-order valence-corrected chi connectivity index (χ3v) is 4.02. The van der Waals surface area contributed by atoms with Gasteiger partial charge in [-0.2, -0.15) is 0 Å². The molecule has 1 aliphatic rings. The zero-order valence-corrected chi connectivity index (χ0v) is 12.1. The lowest BCUT2D eigenvalue weighted by Gasteiger charge is -2.36. The molecule has 2 aromatic heterocycles. The van der Waals surface area contributed by atoms with Gasteiger partial charge in [0.05, 0.1) is 18.0 Å². The Morgan fingerprint density at radius 1 is 1.53 bits per heavy atom. The number of aryl methyl sites for hydroxylation is 1. The Kier molecular flexibility index (Phi) is 3.23. The van der Waals surface area contributed by atoms with Gasteiger partial charge in [-0.1, -0.05) is 0 Å². The van der Waals surface area contributed by atoms with Gasteiger partial charge in [-0.15, -0.1) is 11.6 Å². The van der Waals surface area contributed by atoms with E-state index in [0.29, 0.717) is 12.5 Å². The Morgan fingerprint density at radius 2 is 2.37 bits per heavy atom. The van der Waals surface area contributed by atoms with Crippen molar-refractivity contribution in [2.45, 2.75) is 38.1 Å². The van der Waals surface area contributed by atoms with Crippen LogP contribution in [-0.4, -0.2) is 27.7 Å².